The molecule has 1 unspecified atom stereocenters. The van der Waals surface area contributed by atoms with Crippen LogP contribution in [-0.2, 0) is 31.1 Å². The van der Waals surface area contributed by atoms with Crippen molar-refractivity contribution in [3.05, 3.63) is 92.4 Å². The Hall–Kier alpha value is -2.44. The van der Waals surface area contributed by atoms with Gasteiger partial charge in [-0.15, -0.1) is 0 Å². The lowest BCUT2D eigenvalue weighted by Gasteiger charge is -2.36. The van der Waals surface area contributed by atoms with Crippen LogP contribution < -0.4 is 9.30 Å². The van der Waals surface area contributed by atoms with Gasteiger partial charge in [0.25, 0.3) is 0 Å². The quantitative estimate of drug-likeness (QED) is 0.399. The minimum absolute atomic E-state index is 0.0386. The molecular formula is C27H29BrClN3O2+2. The molecule has 1 N–H and O–H groups in total. The molecule has 0 bridgehead atoms. The molecule has 1 aliphatic heterocycles. The van der Waals surface area contributed by atoms with Gasteiger partial charge in [-0.1, -0.05) is 27.5 Å². The summed E-state index contributed by atoms with van der Waals surface area (Å²) in [7, 11) is 1.97. The molecule has 7 heteroatoms. The van der Waals surface area contributed by atoms with E-state index >= 15 is 0 Å². The van der Waals surface area contributed by atoms with E-state index < -0.39 is 0 Å². The number of benzene rings is 1. The smallest absolute Gasteiger partial charge is 0.245 e. The average Bonchev–Trinajstić information content (AvgIpc) is 2.99. The number of hydrogen-bond donors (Lipinski definition) is 1. The summed E-state index contributed by atoms with van der Waals surface area (Å²) in [4.78, 5) is 15.0. The van der Waals surface area contributed by atoms with Crippen LogP contribution in [0.2, 0.25) is 5.02 Å². The highest BCUT2D eigenvalue weighted by atomic mass is 79.9. The maximum atomic E-state index is 13.0. The fourth-order valence-electron chi connectivity index (χ4n) is 5.58. The second-order valence-electron chi connectivity index (χ2n) is 9.47. The number of pyridine rings is 2. The van der Waals surface area contributed by atoms with Crippen LogP contribution in [0.5, 0.6) is 0 Å². The second-order valence-corrected chi connectivity index (χ2v) is 10.8. The SMILES string of the molecule is C[n+]1ccc(CC(=O)N2CCC(C3c4c(Br)cc(Cl)cc4CCc4ccc[n+](O)c43)CC2)cc1. The third kappa shape index (κ3) is 4.58. The highest BCUT2D eigenvalue weighted by Crippen LogP contribution is 2.45. The number of rotatable bonds is 3. The van der Waals surface area contributed by atoms with Gasteiger partial charge < -0.3 is 4.90 Å². The highest BCUT2D eigenvalue weighted by molar-refractivity contribution is 9.10. The van der Waals surface area contributed by atoms with Gasteiger partial charge in [0.15, 0.2) is 12.4 Å². The van der Waals surface area contributed by atoms with Crippen LogP contribution in [0.1, 0.15) is 46.7 Å². The third-order valence-corrected chi connectivity index (χ3v) is 8.19. The van der Waals surface area contributed by atoms with Crippen molar-refractivity contribution in [2.24, 2.45) is 13.0 Å². The summed E-state index contributed by atoms with van der Waals surface area (Å²) < 4.78 is 4.27. The summed E-state index contributed by atoms with van der Waals surface area (Å²) in [5.74, 6) is 0.532. The first-order chi connectivity index (χ1) is 16.4. The van der Waals surface area contributed by atoms with Gasteiger partial charge in [0.1, 0.15) is 7.05 Å². The Kier molecular flexibility index (Phi) is 6.63. The van der Waals surface area contributed by atoms with E-state index in [1.807, 2.05) is 53.2 Å². The molecule has 1 fully saturated rings. The maximum Gasteiger partial charge on any atom is 0.245 e. The Morgan fingerprint density at radius 3 is 2.56 bits per heavy atom. The largest absolute Gasteiger partial charge is 0.342 e. The van der Waals surface area contributed by atoms with Crippen molar-refractivity contribution in [1.29, 1.82) is 0 Å². The molecule has 176 valence electrons. The first-order valence-corrected chi connectivity index (χ1v) is 13.0. The van der Waals surface area contributed by atoms with Gasteiger partial charge in [-0.05, 0) is 66.5 Å². The molecule has 3 aromatic rings. The lowest BCUT2D eigenvalue weighted by atomic mass is 9.76. The van der Waals surface area contributed by atoms with Crippen LogP contribution in [0, 0.1) is 5.92 Å². The molecule has 0 spiro atoms. The summed E-state index contributed by atoms with van der Waals surface area (Å²) in [5, 5.41) is 11.6. The zero-order chi connectivity index (χ0) is 23.8. The molecule has 1 aromatic carbocycles. The summed E-state index contributed by atoms with van der Waals surface area (Å²) in [6.07, 6.45) is 9.63. The Balaban J connectivity index is 1.41. The number of hydrogen-bond acceptors (Lipinski definition) is 2. The average molecular weight is 543 g/mol. The summed E-state index contributed by atoms with van der Waals surface area (Å²) >= 11 is 10.2. The molecule has 0 saturated carbocycles. The second kappa shape index (κ2) is 9.67. The first-order valence-electron chi connectivity index (χ1n) is 11.8. The van der Waals surface area contributed by atoms with Crippen molar-refractivity contribution in [2.45, 2.75) is 38.0 Å². The Morgan fingerprint density at radius 1 is 1.12 bits per heavy atom. The van der Waals surface area contributed by atoms with E-state index in [9.17, 15) is 10.0 Å². The summed E-state index contributed by atoms with van der Waals surface area (Å²) in [5.41, 5.74) is 5.63. The number of aryl methyl sites for hydroxylation is 3. The molecule has 1 atom stereocenters. The van der Waals surface area contributed by atoms with E-state index in [0.717, 1.165) is 59.5 Å². The summed E-state index contributed by atoms with van der Waals surface area (Å²) in [6.45, 7) is 1.46. The highest BCUT2D eigenvalue weighted by Gasteiger charge is 2.41. The predicted octanol–water partition coefficient (Wildman–Crippen LogP) is 4.16. The molecule has 1 amide bonds. The molecular weight excluding hydrogens is 514 g/mol. The molecule has 5 nitrogen and oxygen atoms in total. The molecule has 34 heavy (non-hydrogen) atoms. The van der Waals surface area contributed by atoms with Gasteiger partial charge >= 0.3 is 0 Å². The summed E-state index contributed by atoms with van der Waals surface area (Å²) in [6, 6.07) is 12.1. The van der Waals surface area contributed by atoms with Crippen molar-refractivity contribution in [3.63, 3.8) is 0 Å². The fourth-order valence-corrected chi connectivity index (χ4v) is 6.70. The number of carbonyl (C=O) groups is 1. The van der Waals surface area contributed by atoms with E-state index in [1.54, 1.807) is 6.20 Å². The zero-order valence-electron chi connectivity index (χ0n) is 19.3. The van der Waals surface area contributed by atoms with Crippen LogP contribution in [0.15, 0.2) is 59.5 Å². The van der Waals surface area contributed by atoms with Gasteiger partial charge in [0.05, 0.1) is 12.3 Å². The molecule has 5 rings (SSSR count). The van der Waals surface area contributed by atoms with Crippen molar-refractivity contribution in [1.82, 2.24) is 4.90 Å². The zero-order valence-corrected chi connectivity index (χ0v) is 21.6. The molecule has 1 saturated heterocycles. The first kappa shape index (κ1) is 23.3. The van der Waals surface area contributed by atoms with Crippen LogP contribution in [0.25, 0.3) is 0 Å². The molecule has 1 aliphatic carbocycles. The van der Waals surface area contributed by atoms with E-state index in [-0.39, 0.29) is 11.8 Å². The number of likely N-dealkylation sites (tertiary alicyclic amines) is 1. The number of aromatic nitrogens is 2. The van der Waals surface area contributed by atoms with Crippen LogP contribution in [0.3, 0.4) is 0 Å². The molecule has 2 aliphatic rings. The van der Waals surface area contributed by atoms with Crippen molar-refractivity contribution >= 4 is 33.4 Å². The molecule has 0 radical (unpaired) electrons. The predicted molar refractivity (Wildman–Crippen MR) is 133 cm³/mol. The Bertz CT molecular complexity index is 1220. The van der Waals surface area contributed by atoms with E-state index in [1.165, 1.54) is 21.4 Å². The van der Waals surface area contributed by atoms with Crippen LogP contribution in [-0.4, -0.2) is 29.1 Å². The van der Waals surface area contributed by atoms with E-state index in [0.29, 0.717) is 12.3 Å². The normalized spacial score (nSPS) is 18.2. The Labute approximate surface area is 213 Å². The Morgan fingerprint density at radius 2 is 1.82 bits per heavy atom. The van der Waals surface area contributed by atoms with Gasteiger partial charge in [0.2, 0.25) is 17.8 Å². The number of piperidine rings is 1. The molecule has 2 aromatic heterocycles. The van der Waals surface area contributed by atoms with Gasteiger partial charge in [0, 0.05) is 51.1 Å². The monoisotopic (exact) mass is 541 g/mol. The lowest BCUT2D eigenvalue weighted by molar-refractivity contribution is -0.910. The van der Waals surface area contributed by atoms with E-state index in [2.05, 4.69) is 28.1 Å². The van der Waals surface area contributed by atoms with E-state index in [4.69, 9.17) is 11.6 Å². The number of amides is 1. The molecule has 3 heterocycles. The number of halogens is 2. The van der Waals surface area contributed by atoms with Gasteiger partial charge in [-0.3, -0.25) is 10.0 Å². The van der Waals surface area contributed by atoms with Gasteiger partial charge in [-0.25, -0.2) is 4.57 Å². The standard InChI is InChI=1S/C27H29BrClN3O2/c1-30-11-6-18(7-12-30)15-24(33)31-13-8-19(9-14-31)26-25-21(16-22(29)17-23(25)28)5-4-20-3-2-10-32(34)27(20)26/h2-3,6-7,10-12,16-17,19,26,34H,4-5,8-9,13-15H2,1H3/q+2. The third-order valence-electron chi connectivity index (χ3n) is 7.32. The maximum absolute atomic E-state index is 13.0. The lowest BCUT2D eigenvalue weighted by Crippen LogP contribution is -2.44. The minimum atomic E-state index is 0.0386. The fraction of sp³-hybridized carbons (Fsp3) is 0.370. The number of nitrogens with zero attached hydrogens (tertiary/aromatic N) is 3. The van der Waals surface area contributed by atoms with Crippen molar-refractivity contribution in [2.75, 3.05) is 13.1 Å². The van der Waals surface area contributed by atoms with Crippen molar-refractivity contribution in [3.8, 4) is 0 Å². The van der Waals surface area contributed by atoms with Crippen LogP contribution >= 0.6 is 27.5 Å². The number of carbonyl (C=O) groups excluding carboxylic acids is 1. The topological polar surface area (TPSA) is 48.3 Å². The minimum Gasteiger partial charge on any atom is -0.342 e. The van der Waals surface area contributed by atoms with Crippen LogP contribution in [0.4, 0.5) is 0 Å². The number of fused-ring (bicyclic) bond motifs is 2. The van der Waals surface area contributed by atoms with Gasteiger partial charge in [-0.2, -0.15) is 0 Å². The van der Waals surface area contributed by atoms with Crippen molar-refractivity contribution < 1.29 is 19.3 Å².